The summed E-state index contributed by atoms with van der Waals surface area (Å²) >= 11 is 0. The summed E-state index contributed by atoms with van der Waals surface area (Å²) in [5.74, 6) is 0. The van der Waals surface area contributed by atoms with Gasteiger partial charge in [-0.2, -0.15) is 4.57 Å². The molecule has 4 heteroatoms. The summed E-state index contributed by atoms with van der Waals surface area (Å²) in [5.41, 5.74) is 2.15. The van der Waals surface area contributed by atoms with Crippen molar-refractivity contribution in [1.29, 1.82) is 0 Å². The molecule has 0 unspecified atom stereocenters. The molecule has 20 heavy (non-hydrogen) atoms. The molecule has 4 nitrogen and oxygen atoms in total. The van der Waals surface area contributed by atoms with E-state index in [1.165, 1.54) is 6.07 Å². The summed E-state index contributed by atoms with van der Waals surface area (Å²) in [6.07, 6.45) is 1.94. The molecule has 0 N–H and O–H groups in total. The van der Waals surface area contributed by atoms with Gasteiger partial charge in [0.2, 0.25) is 5.52 Å². The van der Waals surface area contributed by atoms with E-state index in [-0.39, 0.29) is 10.6 Å². The molecule has 3 rings (SSSR count). The molecular weight excluding hydrogens is 252 g/mol. The normalized spacial score (nSPS) is 10.6. The van der Waals surface area contributed by atoms with Crippen LogP contribution in [-0.4, -0.2) is 4.92 Å². The Morgan fingerprint density at radius 1 is 1.00 bits per heavy atom. The monoisotopic (exact) mass is 265 g/mol. The number of aromatic nitrogens is 1. The van der Waals surface area contributed by atoms with Crippen LogP contribution in [0.5, 0.6) is 0 Å². The number of pyridine rings is 1. The van der Waals surface area contributed by atoms with Crippen LogP contribution in [0.1, 0.15) is 5.56 Å². The molecule has 1 heterocycles. The van der Waals surface area contributed by atoms with E-state index in [1.54, 1.807) is 12.1 Å². The molecule has 0 atom stereocenters. The van der Waals surface area contributed by atoms with Crippen molar-refractivity contribution >= 4 is 16.6 Å². The van der Waals surface area contributed by atoms with Gasteiger partial charge in [-0.3, -0.25) is 10.1 Å². The van der Waals surface area contributed by atoms with Crippen LogP contribution in [0.4, 0.5) is 5.69 Å². The van der Waals surface area contributed by atoms with Gasteiger partial charge >= 0.3 is 0 Å². The van der Waals surface area contributed by atoms with Crippen molar-refractivity contribution in [3.63, 3.8) is 0 Å². The summed E-state index contributed by atoms with van der Waals surface area (Å²) in [6.45, 7) is 0.694. The first-order chi connectivity index (χ1) is 9.74. The Hall–Kier alpha value is -2.75. The standard InChI is InChI=1S/C16H13N2O2/c19-18(20)15-9-8-14-7-4-10-17(16(14)11-15)12-13-5-2-1-3-6-13/h1-11H,12H2/q+1. The summed E-state index contributed by atoms with van der Waals surface area (Å²) in [4.78, 5) is 10.5. The maximum atomic E-state index is 10.9. The van der Waals surface area contributed by atoms with E-state index < -0.39 is 0 Å². The van der Waals surface area contributed by atoms with Crippen molar-refractivity contribution in [2.24, 2.45) is 0 Å². The van der Waals surface area contributed by atoms with Crippen molar-refractivity contribution < 1.29 is 9.49 Å². The number of nitro groups is 1. The third-order valence-electron chi connectivity index (χ3n) is 3.27. The molecule has 0 fully saturated rings. The Labute approximate surface area is 116 Å². The van der Waals surface area contributed by atoms with Crippen LogP contribution in [0.15, 0.2) is 66.9 Å². The second-order valence-electron chi connectivity index (χ2n) is 4.62. The Morgan fingerprint density at radius 3 is 2.55 bits per heavy atom. The van der Waals surface area contributed by atoms with E-state index >= 15 is 0 Å². The number of benzene rings is 2. The van der Waals surface area contributed by atoms with Crippen LogP contribution in [0.2, 0.25) is 0 Å². The summed E-state index contributed by atoms with van der Waals surface area (Å²) in [7, 11) is 0. The lowest BCUT2D eigenvalue weighted by molar-refractivity contribution is -0.662. The van der Waals surface area contributed by atoms with E-state index in [4.69, 9.17) is 0 Å². The zero-order valence-corrected chi connectivity index (χ0v) is 10.8. The molecule has 0 saturated carbocycles. The molecular formula is C16H13N2O2+. The van der Waals surface area contributed by atoms with E-state index in [2.05, 4.69) is 0 Å². The molecule has 0 saturated heterocycles. The van der Waals surface area contributed by atoms with Crippen molar-refractivity contribution in [2.75, 3.05) is 0 Å². The van der Waals surface area contributed by atoms with Gasteiger partial charge in [0.25, 0.3) is 5.69 Å². The minimum atomic E-state index is -0.362. The molecule has 0 aliphatic carbocycles. The summed E-state index contributed by atoms with van der Waals surface area (Å²) < 4.78 is 2.03. The maximum Gasteiger partial charge on any atom is 0.276 e. The van der Waals surface area contributed by atoms with E-state index in [0.29, 0.717) is 6.54 Å². The predicted molar refractivity (Wildman–Crippen MR) is 76.3 cm³/mol. The van der Waals surface area contributed by atoms with Crippen LogP contribution < -0.4 is 4.57 Å². The van der Waals surface area contributed by atoms with Crippen LogP contribution in [0, 0.1) is 10.1 Å². The number of fused-ring (bicyclic) bond motifs is 1. The fourth-order valence-corrected chi connectivity index (χ4v) is 2.28. The lowest BCUT2D eigenvalue weighted by atomic mass is 10.1. The molecule has 0 spiro atoms. The van der Waals surface area contributed by atoms with Crippen LogP contribution >= 0.6 is 0 Å². The quantitative estimate of drug-likeness (QED) is 0.415. The van der Waals surface area contributed by atoms with E-state index in [1.807, 2.05) is 53.2 Å². The second kappa shape index (κ2) is 5.09. The Morgan fingerprint density at radius 2 is 1.80 bits per heavy atom. The summed E-state index contributed by atoms with van der Waals surface area (Å²) in [5, 5.41) is 11.9. The number of rotatable bonds is 3. The molecule has 2 aromatic carbocycles. The highest BCUT2D eigenvalue weighted by molar-refractivity contribution is 5.77. The topological polar surface area (TPSA) is 47.0 Å². The number of nitrogens with zero attached hydrogens (tertiary/aromatic N) is 2. The van der Waals surface area contributed by atoms with Gasteiger partial charge < -0.3 is 0 Å². The SMILES string of the molecule is O=[N+]([O-])c1ccc2ccc[n+](Cc3ccccc3)c2c1. The molecule has 0 radical (unpaired) electrons. The van der Waals surface area contributed by atoms with E-state index in [9.17, 15) is 10.1 Å². The van der Waals surface area contributed by atoms with Crippen molar-refractivity contribution in [2.45, 2.75) is 6.54 Å². The first kappa shape index (κ1) is 12.3. The molecule has 98 valence electrons. The van der Waals surface area contributed by atoms with E-state index in [0.717, 1.165) is 16.5 Å². The lowest BCUT2D eigenvalue weighted by Crippen LogP contribution is -2.34. The third kappa shape index (κ3) is 2.36. The summed E-state index contributed by atoms with van der Waals surface area (Å²) in [6, 6.07) is 18.9. The van der Waals surface area contributed by atoms with Crippen LogP contribution in [0.3, 0.4) is 0 Å². The zero-order valence-electron chi connectivity index (χ0n) is 10.8. The highest BCUT2D eigenvalue weighted by Crippen LogP contribution is 2.18. The van der Waals surface area contributed by atoms with Gasteiger partial charge in [0.05, 0.1) is 11.0 Å². The number of hydrogen-bond acceptors (Lipinski definition) is 2. The van der Waals surface area contributed by atoms with Gasteiger partial charge in [-0.1, -0.05) is 30.3 Å². The Bertz CT molecular complexity index is 770. The van der Waals surface area contributed by atoms with Gasteiger partial charge in [-0.15, -0.1) is 0 Å². The fraction of sp³-hybridized carbons (Fsp3) is 0.0625. The molecule has 0 aliphatic rings. The van der Waals surface area contributed by atoms with Crippen LogP contribution in [0.25, 0.3) is 10.9 Å². The highest BCUT2D eigenvalue weighted by Gasteiger charge is 2.14. The minimum Gasteiger partial charge on any atom is -0.258 e. The maximum absolute atomic E-state index is 10.9. The number of nitro benzene ring substituents is 1. The number of hydrogen-bond donors (Lipinski definition) is 0. The molecule has 0 aliphatic heterocycles. The molecule has 1 aromatic heterocycles. The molecule has 0 amide bonds. The average Bonchev–Trinajstić information content (AvgIpc) is 2.48. The molecule has 3 aromatic rings. The van der Waals surface area contributed by atoms with Crippen molar-refractivity contribution in [3.8, 4) is 0 Å². The fourth-order valence-electron chi connectivity index (χ4n) is 2.28. The smallest absolute Gasteiger partial charge is 0.258 e. The lowest BCUT2D eigenvalue weighted by Gasteiger charge is -2.01. The highest BCUT2D eigenvalue weighted by atomic mass is 16.6. The molecule has 0 bridgehead atoms. The number of non-ortho nitro benzene ring substituents is 1. The second-order valence-corrected chi connectivity index (χ2v) is 4.62. The first-order valence-corrected chi connectivity index (χ1v) is 6.34. The average molecular weight is 265 g/mol. The van der Waals surface area contributed by atoms with Crippen LogP contribution in [-0.2, 0) is 6.54 Å². The Balaban J connectivity index is 2.10. The van der Waals surface area contributed by atoms with Gasteiger partial charge in [-0.25, -0.2) is 0 Å². The first-order valence-electron chi connectivity index (χ1n) is 6.34. The zero-order chi connectivity index (χ0) is 13.9. The van der Waals surface area contributed by atoms with Crippen molar-refractivity contribution in [3.05, 3.63) is 82.5 Å². The van der Waals surface area contributed by atoms with Crippen molar-refractivity contribution in [1.82, 2.24) is 0 Å². The van der Waals surface area contributed by atoms with Gasteiger partial charge in [0, 0.05) is 23.1 Å². The third-order valence-corrected chi connectivity index (χ3v) is 3.27. The van der Waals surface area contributed by atoms with Gasteiger partial charge in [0.15, 0.2) is 12.7 Å². The predicted octanol–water partition coefficient (Wildman–Crippen LogP) is 3.08. The Kier molecular flexibility index (Phi) is 3.13. The minimum absolute atomic E-state index is 0.116. The van der Waals surface area contributed by atoms with Gasteiger partial charge in [0.1, 0.15) is 0 Å². The largest absolute Gasteiger partial charge is 0.276 e. The van der Waals surface area contributed by atoms with Gasteiger partial charge in [-0.05, 0) is 12.1 Å².